The van der Waals surface area contributed by atoms with Crippen LogP contribution in [0.1, 0.15) is 0 Å². The van der Waals surface area contributed by atoms with Crippen molar-refractivity contribution in [2.45, 2.75) is 19.6 Å². The molecule has 0 aromatic carbocycles. The fraction of sp³-hybridized carbons (Fsp3) is 0.429. The molecule has 3 heteroatoms. The van der Waals surface area contributed by atoms with Crippen molar-refractivity contribution in [1.29, 1.82) is 0 Å². The van der Waals surface area contributed by atoms with Crippen molar-refractivity contribution in [1.82, 2.24) is 0 Å². The molecule has 0 amide bonds. The van der Waals surface area contributed by atoms with Crippen molar-refractivity contribution in [3.63, 3.8) is 0 Å². The Bertz CT molecular complexity index is 186. The van der Waals surface area contributed by atoms with Gasteiger partial charge in [0.2, 0.25) is 8.32 Å². The van der Waals surface area contributed by atoms with Crippen molar-refractivity contribution in [2.75, 3.05) is 0 Å². The lowest BCUT2D eigenvalue weighted by molar-refractivity contribution is 0.386. The summed E-state index contributed by atoms with van der Waals surface area (Å²) < 4.78 is 10.5. The minimum atomic E-state index is -1.46. The summed E-state index contributed by atoms with van der Waals surface area (Å²) >= 11 is 0. The Morgan fingerprint density at radius 3 is 2.50 bits per heavy atom. The topological polar surface area (TPSA) is 22.4 Å². The summed E-state index contributed by atoms with van der Waals surface area (Å²) in [5, 5.41) is 0. The minimum absolute atomic E-state index is 0.638. The van der Waals surface area contributed by atoms with Crippen LogP contribution in [0, 0.1) is 0 Å². The van der Waals surface area contributed by atoms with Gasteiger partial charge in [-0.2, -0.15) is 0 Å². The highest BCUT2D eigenvalue weighted by Gasteiger charge is 2.17. The zero-order valence-corrected chi connectivity index (χ0v) is 7.55. The van der Waals surface area contributed by atoms with Crippen LogP contribution in [0.25, 0.3) is 0 Å². The molecule has 0 aliphatic carbocycles. The third kappa shape index (κ3) is 2.27. The fourth-order valence-corrected chi connectivity index (χ4v) is 1.34. The molecule has 1 aromatic heterocycles. The first-order valence-corrected chi connectivity index (χ1v) is 6.71. The molecule has 0 aliphatic heterocycles. The zero-order chi connectivity index (χ0) is 7.61. The Kier molecular flexibility index (Phi) is 1.85. The van der Waals surface area contributed by atoms with Crippen LogP contribution in [-0.2, 0) is 0 Å². The van der Waals surface area contributed by atoms with Crippen molar-refractivity contribution in [2.24, 2.45) is 0 Å². The largest absolute Gasteiger partial charge is 0.519 e. The first kappa shape index (κ1) is 7.40. The smallest absolute Gasteiger partial charge is 0.270 e. The second kappa shape index (κ2) is 2.50. The molecule has 10 heavy (non-hydrogen) atoms. The summed E-state index contributed by atoms with van der Waals surface area (Å²) in [6.45, 7) is 6.36. The molecule has 0 spiro atoms. The monoisotopic (exact) mass is 156 g/mol. The Balaban J connectivity index is 2.57. The molecule has 0 radical (unpaired) electrons. The highest BCUT2D eigenvalue weighted by atomic mass is 28.4. The summed E-state index contributed by atoms with van der Waals surface area (Å²) in [5.41, 5.74) is 0. The van der Waals surface area contributed by atoms with Crippen LogP contribution >= 0.6 is 0 Å². The number of rotatable bonds is 2. The molecule has 0 N–H and O–H groups in total. The van der Waals surface area contributed by atoms with Crippen LogP contribution in [0.4, 0.5) is 0 Å². The van der Waals surface area contributed by atoms with E-state index in [0.29, 0.717) is 5.95 Å². The van der Waals surface area contributed by atoms with Gasteiger partial charge in [0.1, 0.15) is 0 Å². The molecule has 1 rings (SSSR count). The highest BCUT2D eigenvalue weighted by molar-refractivity contribution is 6.70. The minimum Gasteiger partial charge on any atom is -0.519 e. The van der Waals surface area contributed by atoms with Gasteiger partial charge in [-0.25, -0.2) is 0 Å². The molecule has 2 nitrogen and oxygen atoms in total. The third-order valence-electron chi connectivity index (χ3n) is 0.902. The Morgan fingerprint density at radius 2 is 2.10 bits per heavy atom. The van der Waals surface area contributed by atoms with E-state index in [1.165, 1.54) is 0 Å². The van der Waals surface area contributed by atoms with E-state index in [0.717, 1.165) is 0 Å². The van der Waals surface area contributed by atoms with E-state index in [-0.39, 0.29) is 0 Å². The van der Waals surface area contributed by atoms with Crippen LogP contribution in [0.15, 0.2) is 22.8 Å². The van der Waals surface area contributed by atoms with Gasteiger partial charge < -0.3 is 8.84 Å². The van der Waals surface area contributed by atoms with E-state index < -0.39 is 8.32 Å². The van der Waals surface area contributed by atoms with Crippen LogP contribution in [0.2, 0.25) is 19.6 Å². The van der Waals surface area contributed by atoms with Crippen LogP contribution in [0.3, 0.4) is 0 Å². The van der Waals surface area contributed by atoms with Gasteiger partial charge in [0.15, 0.2) is 0 Å². The second-order valence-corrected chi connectivity index (χ2v) is 7.58. The molecule has 56 valence electrons. The lowest BCUT2D eigenvalue weighted by Gasteiger charge is -2.15. The predicted molar refractivity (Wildman–Crippen MR) is 42.7 cm³/mol. The van der Waals surface area contributed by atoms with Crippen LogP contribution in [0.5, 0.6) is 5.95 Å². The Labute approximate surface area is 61.9 Å². The lowest BCUT2D eigenvalue weighted by Crippen LogP contribution is -2.28. The first-order chi connectivity index (χ1) is 4.58. The van der Waals surface area contributed by atoms with Gasteiger partial charge in [-0.1, -0.05) is 0 Å². The lowest BCUT2D eigenvalue weighted by atomic mass is 10.7. The molecule has 0 unspecified atom stereocenters. The zero-order valence-electron chi connectivity index (χ0n) is 6.55. The van der Waals surface area contributed by atoms with Gasteiger partial charge in [0.05, 0.1) is 6.26 Å². The standard InChI is InChI=1S/C7H12O2Si/c1-10(2,3)9-7-5-4-6-8-7/h4-6H,1-3H3. The molecule has 0 atom stereocenters. The van der Waals surface area contributed by atoms with Crippen molar-refractivity contribution in [3.8, 4) is 5.95 Å². The Hall–Kier alpha value is -0.703. The predicted octanol–water partition coefficient (Wildman–Crippen LogP) is 2.49. The molecule has 0 bridgehead atoms. The Morgan fingerprint density at radius 1 is 1.40 bits per heavy atom. The summed E-state index contributed by atoms with van der Waals surface area (Å²) in [6, 6.07) is 3.66. The average molecular weight is 156 g/mol. The van der Waals surface area contributed by atoms with E-state index in [9.17, 15) is 0 Å². The molecule has 0 saturated carbocycles. The molecule has 1 aromatic rings. The van der Waals surface area contributed by atoms with Crippen LogP contribution < -0.4 is 4.43 Å². The van der Waals surface area contributed by atoms with Crippen LogP contribution in [-0.4, -0.2) is 8.32 Å². The fourth-order valence-electron chi connectivity index (χ4n) is 0.623. The maximum atomic E-state index is 5.51. The van der Waals surface area contributed by atoms with E-state index in [1.807, 2.05) is 12.1 Å². The van der Waals surface area contributed by atoms with Crippen molar-refractivity contribution >= 4 is 8.32 Å². The molecule has 0 aliphatic rings. The summed E-state index contributed by atoms with van der Waals surface area (Å²) in [6.07, 6.45) is 1.62. The van der Waals surface area contributed by atoms with Gasteiger partial charge in [-0.15, -0.1) is 0 Å². The van der Waals surface area contributed by atoms with Crippen molar-refractivity contribution in [3.05, 3.63) is 18.4 Å². The first-order valence-electron chi connectivity index (χ1n) is 3.30. The summed E-state index contributed by atoms with van der Waals surface area (Å²) in [7, 11) is -1.46. The highest BCUT2D eigenvalue weighted by Crippen LogP contribution is 2.15. The average Bonchev–Trinajstić information content (AvgIpc) is 2.12. The molecular weight excluding hydrogens is 144 g/mol. The second-order valence-electron chi connectivity index (χ2n) is 3.15. The number of hydrogen-bond acceptors (Lipinski definition) is 2. The van der Waals surface area contributed by atoms with Gasteiger partial charge in [-0.05, 0) is 25.7 Å². The third-order valence-corrected chi connectivity index (χ3v) is 1.72. The van der Waals surface area contributed by atoms with E-state index in [2.05, 4.69) is 19.6 Å². The van der Waals surface area contributed by atoms with Gasteiger partial charge >= 0.3 is 0 Å². The SMILES string of the molecule is C[Si](C)(C)Oc1ccco1. The van der Waals surface area contributed by atoms with E-state index >= 15 is 0 Å². The van der Waals surface area contributed by atoms with Gasteiger partial charge in [0.25, 0.3) is 5.95 Å². The molecular formula is C7H12O2Si. The van der Waals surface area contributed by atoms with Crippen molar-refractivity contribution < 1.29 is 8.84 Å². The number of furan rings is 1. The van der Waals surface area contributed by atoms with Gasteiger partial charge in [0, 0.05) is 6.07 Å². The summed E-state index contributed by atoms with van der Waals surface area (Å²) in [4.78, 5) is 0. The maximum absolute atomic E-state index is 5.51. The van der Waals surface area contributed by atoms with E-state index in [1.54, 1.807) is 6.26 Å². The number of hydrogen-bond donors (Lipinski definition) is 0. The summed E-state index contributed by atoms with van der Waals surface area (Å²) in [5.74, 6) is 0.638. The maximum Gasteiger partial charge on any atom is 0.270 e. The normalized spacial score (nSPS) is 11.5. The van der Waals surface area contributed by atoms with Gasteiger partial charge in [-0.3, -0.25) is 0 Å². The molecule has 1 heterocycles. The van der Waals surface area contributed by atoms with E-state index in [4.69, 9.17) is 8.84 Å². The molecule has 0 saturated heterocycles. The molecule has 0 fully saturated rings. The quantitative estimate of drug-likeness (QED) is 0.614.